The predicted molar refractivity (Wildman–Crippen MR) is 133 cm³/mol. The van der Waals surface area contributed by atoms with Crippen molar-refractivity contribution in [3.05, 3.63) is 82.2 Å². The van der Waals surface area contributed by atoms with Gasteiger partial charge < -0.3 is 9.88 Å². The van der Waals surface area contributed by atoms with Crippen LogP contribution in [0.3, 0.4) is 0 Å². The van der Waals surface area contributed by atoms with Gasteiger partial charge in [0.15, 0.2) is 5.65 Å². The first-order valence-electron chi connectivity index (χ1n) is 11.0. The molecule has 0 unspecified atom stereocenters. The number of aromatic nitrogens is 4. The average Bonchev–Trinajstić information content (AvgIpc) is 3.38. The monoisotopic (exact) mass is 453 g/mol. The van der Waals surface area contributed by atoms with Crippen LogP contribution in [-0.4, -0.2) is 33.0 Å². The molecule has 0 aliphatic carbocycles. The van der Waals surface area contributed by atoms with Gasteiger partial charge in [-0.1, -0.05) is 48.0 Å². The highest BCUT2D eigenvalue weighted by Gasteiger charge is 2.20. The molecule has 0 radical (unpaired) electrons. The van der Waals surface area contributed by atoms with Crippen molar-refractivity contribution in [2.24, 2.45) is 0 Å². The maximum Gasteiger partial charge on any atom is 0.273 e. The summed E-state index contributed by atoms with van der Waals surface area (Å²) in [6.07, 6.45) is 3.91. The van der Waals surface area contributed by atoms with E-state index in [1.54, 1.807) is 6.20 Å². The smallest absolute Gasteiger partial charge is 0.273 e. The van der Waals surface area contributed by atoms with Crippen molar-refractivity contribution < 1.29 is 0 Å². The summed E-state index contributed by atoms with van der Waals surface area (Å²) < 4.78 is 0. The summed E-state index contributed by atoms with van der Waals surface area (Å²) in [5.41, 5.74) is 5.54. The molecule has 0 saturated carbocycles. The largest absolute Gasteiger partial charge is 0.367 e. The van der Waals surface area contributed by atoms with Crippen LogP contribution < -0.4 is 10.5 Å². The Labute approximate surface area is 194 Å². The Balaban J connectivity index is 1.63. The minimum Gasteiger partial charge on any atom is -0.367 e. The van der Waals surface area contributed by atoms with E-state index in [-0.39, 0.29) is 5.56 Å². The van der Waals surface area contributed by atoms with Crippen LogP contribution in [-0.2, 0) is 0 Å². The van der Waals surface area contributed by atoms with Crippen LogP contribution in [0.2, 0.25) is 5.02 Å². The summed E-state index contributed by atoms with van der Waals surface area (Å²) in [4.78, 5) is 32.2. The molecule has 2 aromatic carbocycles. The molecular formula is C26H20ClN5O. The van der Waals surface area contributed by atoms with Crippen molar-refractivity contribution in [2.75, 3.05) is 18.0 Å². The molecule has 3 aromatic heterocycles. The van der Waals surface area contributed by atoms with Crippen LogP contribution >= 0.6 is 11.6 Å². The van der Waals surface area contributed by atoms with E-state index >= 15 is 0 Å². The van der Waals surface area contributed by atoms with Gasteiger partial charge in [-0.25, -0.2) is 9.97 Å². The number of nitrogens with zero attached hydrogens (tertiary/aromatic N) is 4. The maximum atomic E-state index is 12.8. The highest BCUT2D eigenvalue weighted by molar-refractivity contribution is 6.35. The number of pyridine rings is 2. The molecular weight excluding hydrogens is 434 g/mol. The molecule has 0 atom stereocenters. The van der Waals surface area contributed by atoms with Crippen molar-refractivity contribution in [3.63, 3.8) is 0 Å². The fraction of sp³-hybridized carbons (Fsp3) is 0.154. The Hall–Kier alpha value is -3.77. The quantitative estimate of drug-likeness (QED) is 0.393. The average molecular weight is 454 g/mol. The third-order valence-electron chi connectivity index (χ3n) is 6.09. The normalized spacial score (nSPS) is 13.8. The summed E-state index contributed by atoms with van der Waals surface area (Å²) in [5.74, 6) is 0. The number of halogens is 1. The topological polar surface area (TPSA) is 74.8 Å². The van der Waals surface area contributed by atoms with E-state index in [0.717, 1.165) is 48.0 Å². The molecule has 0 spiro atoms. The van der Waals surface area contributed by atoms with Crippen molar-refractivity contribution in [1.29, 1.82) is 0 Å². The Kier molecular flexibility index (Phi) is 4.80. The minimum absolute atomic E-state index is 0.134. The van der Waals surface area contributed by atoms with E-state index in [4.69, 9.17) is 21.6 Å². The van der Waals surface area contributed by atoms with Crippen LogP contribution in [0.4, 0.5) is 5.69 Å². The summed E-state index contributed by atoms with van der Waals surface area (Å²) >= 11 is 6.60. The predicted octanol–water partition coefficient (Wildman–Crippen LogP) is 5.45. The lowest BCUT2D eigenvalue weighted by molar-refractivity contribution is 0.949. The number of H-pyrrole nitrogens is 1. The number of rotatable bonds is 3. The molecule has 1 aliphatic heterocycles. The van der Waals surface area contributed by atoms with Crippen molar-refractivity contribution in [1.82, 2.24) is 19.9 Å². The SMILES string of the molecule is O=c1[nH]c2nc(-c3ccccc3)c(-c3cc(Cl)c4ncccc4c3)nc2cc1N1CCCC1. The highest BCUT2D eigenvalue weighted by atomic mass is 35.5. The lowest BCUT2D eigenvalue weighted by atomic mass is 10.0. The van der Waals surface area contributed by atoms with Crippen molar-refractivity contribution in [3.8, 4) is 22.5 Å². The second-order valence-corrected chi connectivity index (χ2v) is 8.64. The summed E-state index contributed by atoms with van der Waals surface area (Å²) in [6, 6.07) is 19.5. The number of hydrogen-bond acceptors (Lipinski definition) is 5. The van der Waals surface area contributed by atoms with Gasteiger partial charge in [0.2, 0.25) is 0 Å². The Morgan fingerprint density at radius 1 is 0.879 bits per heavy atom. The van der Waals surface area contributed by atoms with Crippen LogP contribution in [0.15, 0.2) is 71.7 Å². The summed E-state index contributed by atoms with van der Waals surface area (Å²) in [5, 5.41) is 1.49. The van der Waals surface area contributed by atoms with Gasteiger partial charge in [-0.15, -0.1) is 0 Å². The van der Waals surface area contributed by atoms with Crippen LogP contribution in [0.25, 0.3) is 44.6 Å². The first-order valence-corrected chi connectivity index (χ1v) is 11.4. The molecule has 0 amide bonds. The summed E-state index contributed by atoms with van der Waals surface area (Å²) in [7, 11) is 0. The molecule has 0 bridgehead atoms. The van der Waals surface area contributed by atoms with Gasteiger partial charge in [0, 0.05) is 35.8 Å². The van der Waals surface area contributed by atoms with Gasteiger partial charge in [0.25, 0.3) is 5.56 Å². The zero-order chi connectivity index (χ0) is 22.4. The molecule has 33 heavy (non-hydrogen) atoms. The van der Waals surface area contributed by atoms with Gasteiger partial charge in [0.05, 0.1) is 21.9 Å². The third-order valence-corrected chi connectivity index (χ3v) is 6.37. The van der Waals surface area contributed by atoms with E-state index in [1.165, 1.54) is 0 Å². The fourth-order valence-electron chi connectivity index (χ4n) is 4.48. The molecule has 1 aliphatic rings. The molecule has 6 nitrogen and oxygen atoms in total. The van der Waals surface area contributed by atoms with E-state index < -0.39 is 0 Å². The molecule has 1 saturated heterocycles. The zero-order valence-electron chi connectivity index (χ0n) is 17.8. The van der Waals surface area contributed by atoms with Crippen molar-refractivity contribution in [2.45, 2.75) is 12.8 Å². The number of aromatic amines is 1. The summed E-state index contributed by atoms with van der Waals surface area (Å²) in [6.45, 7) is 1.76. The number of fused-ring (bicyclic) bond motifs is 2. The van der Waals surface area contributed by atoms with Gasteiger partial charge in [-0.05, 0) is 37.1 Å². The lowest BCUT2D eigenvalue weighted by Crippen LogP contribution is -2.26. The van der Waals surface area contributed by atoms with E-state index in [1.807, 2.05) is 60.7 Å². The van der Waals surface area contributed by atoms with E-state index in [2.05, 4.69) is 14.9 Å². The molecule has 1 fully saturated rings. The molecule has 5 aromatic rings. The lowest BCUT2D eigenvalue weighted by Gasteiger charge is -2.17. The van der Waals surface area contributed by atoms with Gasteiger partial charge in [0.1, 0.15) is 11.2 Å². The third kappa shape index (κ3) is 3.52. The minimum atomic E-state index is -0.134. The Bertz CT molecular complexity index is 1560. The zero-order valence-corrected chi connectivity index (χ0v) is 18.5. The highest BCUT2D eigenvalue weighted by Crippen LogP contribution is 2.35. The molecule has 6 rings (SSSR count). The number of nitrogens with one attached hydrogen (secondary N) is 1. The van der Waals surface area contributed by atoms with Gasteiger partial charge >= 0.3 is 0 Å². The van der Waals surface area contributed by atoms with E-state index in [0.29, 0.717) is 33.3 Å². The standard InChI is InChI=1S/C26H20ClN5O/c27-19-14-18(13-17-9-6-10-28-22(17)19)24-23(16-7-2-1-3-8-16)30-25-20(29-24)15-21(26(33)31-25)32-11-4-5-12-32/h1-3,6-10,13-15H,4-5,11-12H2,(H,30,31,33). The second kappa shape index (κ2) is 7.98. The Morgan fingerprint density at radius 3 is 2.48 bits per heavy atom. The van der Waals surface area contributed by atoms with Gasteiger partial charge in [-0.2, -0.15) is 0 Å². The Morgan fingerprint density at radius 2 is 1.67 bits per heavy atom. The molecule has 4 heterocycles. The number of benzene rings is 2. The molecule has 7 heteroatoms. The van der Waals surface area contributed by atoms with Gasteiger partial charge in [-0.3, -0.25) is 9.78 Å². The van der Waals surface area contributed by atoms with Crippen LogP contribution in [0.5, 0.6) is 0 Å². The number of anilines is 1. The maximum absolute atomic E-state index is 12.8. The number of hydrogen-bond donors (Lipinski definition) is 1. The van der Waals surface area contributed by atoms with Crippen LogP contribution in [0.1, 0.15) is 12.8 Å². The van der Waals surface area contributed by atoms with E-state index in [9.17, 15) is 4.79 Å². The fourth-order valence-corrected chi connectivity index (χ4v) is 4.76. The second-order valence-electron chi connectivity index (χ2n) is 8.23. The molecule has 1 N–H and O–H groups in total. The first kappa shape index (κ1) is 19.9. The van der Waals surface area contributed by atoms with Crippen molar-refractivity contribution >= 4 is 39.4 Å². The molecule has 162 valence electrons. The first-order chi connectivity index (χ1) is 16.2. The van der Waals surface area contributed by atoms with Crippen LogP contribution in [0, 0.1) is 0 Å².